The van der Waals surface area contributed by atoms with Crippen LogP contribution < -0.4 is 0 Å². The van der Waals surface area contributed by atoms with Crippen LogP contribution in [0.3, 0.4) is 0 Å². The van der Waals surface area contributed by atoms with Gasteiger partial charge in [0.15, 0.2) is 11.0 Å². The van der Waals surface area contributed by atoms with E-state index in [9.17, 15) is 9.59 Å². The van der Waals surface area contributed by atoms with Gasteiger partial charge >= 0.3 is 0 Å². The van der Waals surface area contributed by atoms with Crippen LogP contribution in [0.15, 0.2) is 82.6 Å². The summed E-state index contributed by atoms with van der Waals surface area (Å²) in [6.45, 7) is 0.439. The maximum absolute atomic E-state index is 12.6. The first-order valence-corrected chi connectivity index (χ1v) is 10.3. The summed E-state index contributed by atoms with van der Waals surface area (Å²) in [5.41, 5.74) is 1.79. The summed E-state index contributed by atoms with van der Waals surface area (Å²) in [6, 6.07) is 20.3. The zero-order valence-corrected chi connectivity index (χ0v) is 16.6. The number of fused-ring (bicyclic) bond motifs is 1. The standard InChI is InChI=1S/C22H16N4O3S/c27-20-17-10-4-5-11-18(17)21(28)26(20)14-30-22-24-23-19(15-7-2-1-3-8-15)25(22)13-16-9-6-12-29-16/h1-12H,13-14H2. The number of nitrogens with zero attached hydrogens (tertiary/aromatic N) is 4. The average Bonchev–Trinajstić information content (AvgIpc) is 3.49. The molecule has 0 saturated carbocycles. The number of furan rings is 1. The Morgan fingerprint density at radius 2 is 1.53 bits per heavy atom. The van der Waals surface area contributed by atoms with Gasteiger partial charge in [0, 0.05) is 5.56 Å². The molecule has 0 radical (unpaired) electrons. The highest BCUT2D eigenvalue weighted by Crippen LogP contribution is 2.29. The fourth-order valence-corrected chi connectivity index (χ4v) is 4.26. The van der Waals surface area contributed by atoms with Crippen molar-refractivity contribution in [3.63, 3.8) is 0 Å². The van der Waals surface area contributed by atoms with E-state index in [0.717, 1.165) is 11.3 Å². The molecule has 30 heavy (non-hydrogen) atoms. The van der Waals surface area contributed by atoms with Gasteiger partial charge in [0.2, 0.25) is 0 Å². The van der Waals surface area contributed by atoms with Crippen molar-refractivity contribution in [2.45, 2.75) is 11.7 Å². The lowest BCUT2D eigenvalue weighted by atomic mass is 10.1. The minimum absolute atomic E-state index is 0.150. The van der Waals surface area contributed by atoms with Gasteiger partial charge in [-0.1, -0.05) is 54.2 Å². The monoisotopic (exact) mass is 416 g/mol. The third-order valence-electron chi connectivity index (χ3n) is 4.84. The molecule has 0 N–H and O–H groups in total. The molecule has 7 nitrogen and oxygen atoms in total. The lowest BCUT2D eigenvalue weighted by Gasteiger charge is -2.14. The number of imide groups is 1. The van der Waals surface area contributed by atoms with E-state index in [-0.39, 0.29) is 17.7 Å². The fraction of sp³-hybridized carbons (Fsp3) is 0.0909. The van der Waals surface area contributed by atoms with Gasteiger partial charge in [-0.2, -0.15) is 0 Å². The van der Waals surface area contributed by atoms with Crippen molar-refractivity contribution in [3.05, 3.63) is 89.9 Å². The lowest BCUT2D eigenvalue weighted by Crippen LogP contribution is -2.29. The Hall–Kier alpha value is -3.65. The van der Waals surface area contributed by atoms with Crippen molar-refractivity contribution < 1.29 is 14.0 Å². The van der Waals surface area contributed by atoms with E-state index < -0.39 is 0 Å². The van der Waals surface area contributed by atoms with Gasteiger partial charge in [-0.05, 0) is 24.3 Å². The van der Waals surface area contributed by atoms with Crippen LogP contribution in [0.4, 0.5) is 0 Å². The highest BCUT2D eigenvalue weighted by atomic mass is 32.2. The Kier molecular flexibility index (Phi) is 4.68. The highest BCUT2D eigenvalue weighted by molar-refractivity contribution is 7.99. The second-order valence-electron chi connectivity index (χ2n) is 6.70. The van der Waals surface area contributed by atoms with E-state index in [1.165, 1.54) is 16.7 Å². The predicted molar refractivity (Wildman–Crippen MR) is 111 cm³/mol. The van der Waals surface area contributed by atoms with Gasteiger partial charge < -0.3 is 4.42 Å². The molecule has 0 unspecified atom stereocenters. The van der Waals surface area contributed by atoms with E-state index in [0.29, 0.717) is 28.7 Å². The Morgan fingerprint density at radius 1 is 0.833 bits per heavy atom. The summed E-state index contributed by atoms with van der Waals surface area (Å²) in [5.74, 6) is 1.02. The molecule has 1 aliphatic heterocycles. The minimum Gasteiger partial charge on any atom is -0.467 e. The van der Waals surface area contributed by atoms with Gasteiger partial charge in [0.1, 0.15) is 5.76 Å². The van der Waals surface area contributed by atoms with Crippen LogP contribution >= 0.6 is 11.8 Å². The van der Waals surface area contributed by atoms with E-state index in [4.69, 9.17) is 4.42 Å². The molecule has 0 bridgehead atoms. The number of carbonyl (C=O) groups is 2. The number of carbonyl (C=O) groups excluding carboxylic acids is 2. The summed E-state index contributed by atoms with van der Waals surface area (Å²) < 4.78 is 7.43. The molecule has 5 rings (SSSR count). The number of amides is 2. The van der Waals surface area contributed by atoms with E-state index in [1.54, 1.807) is 30.5 Å². The molecule has 3 heterocycles. The Morgan fingerprint density at radius 3 is 2.20 bits per heavy atom. The third-order valence-corrected chi connectivity index (χ3v) is 5.79. The maximum atomic E-state index is 12.6. The quantitative estimate of drug-likeness (QED) is 0.350. The largest absolute Gasteiger partial charge is 0.467 e. The van der Waals surface area contributed by atoms with Crippen molar-refractivity contribution in [1.82, 2.24) is 19.7 Å². The normalized spacial score (nSPS) is 13.1. The lowest BCUT2D eigenvalue weighted by molar-refractivity contribution is 0.0684. The van der Waals surface area contributed by atoms with Crippen LogP contribution in [0.5, 0.6) is 0 Å². The number of aromatic nitrogens is 3. The molecule has 0 saturated heterocycles. The van der Waals surface area contributed by atoms with Gasteiger partial charge in [0.05, 0.1) is 29.8 Å². The highest BCUT2D eigenvalue weighted by Gasteiger charge is 2.35. The van der Waals surface area contributed by atoms with Crippen LogP contribution in [0.1, 0.15) is 26.5 Å². The number of thioether (sulfide) groups is 1. The molecule has 2 aromatic carbocycles. The zero-order chi connectivity index (χ0) is 20.5. The van der Waals surface area contributed by atoms with Crippen molar-refractivity contribution in [3.8, 4) is 11.4 Å². The molecule has 1 aliphatic rings. The second kappa shape index (κ2) is 7.64. The molecule has 2 aromatic heterocycles. The van der Waals surface area contributed by atoms with Crippen molar-refractivity contribution >= 4 is 23.6 Å². The molecule has 8 heteroatoms. The molecular weight excluding hydrogens is 400 g/mol. The molecule has 148 valence electrons. The first kappa shape index (κ1) is 18.4. The van der Waals surface area contributed by atoms with Gasteiger partial charge in [-0.25, -0.2) is 0 Å². The smallest absolute Gasteiger partial charge is 0.262 e. The second-order valence-corrected chi connectivity index (χ2v) is 7.61. The van der Waals surface area contributed by atoms with Crippen LogP contribution in [0, 0.1) is 0 Å². The van der Waals surface area contributed by atoms with Crippen LogP contribution in [-0.4, -0.2) is 37.4 Å². The Labute approximate surface area is 176 Å². The Balaban J connectivity index is 1.43. The topological polar surface area (TPSA) is 81.2 Å². The van der Waals surface area contributed by atoms with E-state index >= 15 is 0 Å². The van der Waals surface area contributed by atoms with Gasteiger partial charge in [0.25, 0.3) is 11.8 Å². The summed E-state index contributed by atoms with van der Waals surface area (Å²) >= 11 is 1.29. The van der Waals surface area contributed by atoms with Gasteiger partial charge in [-0.15, -0.1) is 10.2 Å². The minimum atomic E-state index is -0.288. The first-order valence-electron chi connectivity index (χ1n) is 9.31. The van der Waals surface area contributed by atoms with Crippen molar-refractivity contribution in [1.29, 1.82) is 0 Å². The molecule has 0 spiro atoms. The predicted octanol–water partition coefficient (Wildman–Crippen LogP) is 3.93. The zero-order valence-electron chi connectivity index (χ0n) is 15.8. The molecule has 0 fully saturated rings. The van der Waals surface area contributed by atoms with Crippen molar-refractivity contribution in [2.24, 2.45) is 0 Å². The van der Waals surface area contributed by atoms with Crippen LogP contribution in [-0.2, 0) is 6.54 Å². The molecule has 0 aliphatic carbocycles. The number of benzene rings is 2. The number of rotatable bonds is 6. The number of hydrogen-bond acceptors (Lipinski definition) is 6. The molecule has 2 amide bonds. The average molecular weight is 416 g/mol. The first-order chi connectivity index (χ1) is 14.7. The van der Waals surface area contributed by atoms with E-state index in [1.807, 2.05) is 47.0 Å². The molecule has 4 aromatic rings. The summed E-state index contributed by atoms with van der Waals surface area (Å²) in [7, 11) is 0. The van der Waals surface area contributed by atoms with Gasteiger partial charge in [-0.3, -0.25) is 19.1 Å². The van der Waals surface area contributed by atoms with E-state index in [2.05, 4.69) is 10.2 Å². The van der Waals surface area contributed by atoms with Crippen LogP contribution in [0.25, 0.3) is 11.4 Å². The summed E-state index contributed by atoms with van der Waals surface area (Å²) in [4.78, 5) is 26.5. The summed E-state index contributed by atoms with van der Waals surface area (Å²) in [6.07, 6.45) is 1.62. The van der Waals surface area contributed by atoms with Crippen LogP contribution in [0.2, 0.25) is 0 Å². The SMILES string of the molecule is O=C1c2ccccc2C(=O)N1CSc1nnc(-c2ccccc2)n1Cc1ccco1. The maximum Gasteiger partial charge on any atom is 0.262 e. The molecular formula is C22H16N4O3S. The summed E-state index contributed by atoms with van der Waals surface area (Å²) in [5, 5.41) is 9.27. The molecule has 0 atom stereocenters. The third kappa shape index (κ3) is 3.21. The number of hydrogen-bond donors (Lipinski definition) is 0. The fourth-order valence-electron chi connectivity index (χ4n) is 3.38. The Bertz CT molecular complexity index is 1180. The van der Waals surface area contributed by atoms with Crippen molar-refractivity contribution in [2.75, 3.05) is 5.88 Å².